The Morgan fingerprint density at radius 1 is 1.06 bits per heavy atom. The SMILES string of the molecule is CN(C)S(=O)(=O)c1ccc(N2CCCCC2)c(C(=O)NCCOc2ccc3c(c2)OCO3)c1. The van der Waals surface area contributed by atoms with Gasteiger partial charge < -0.3 is 24.4 Å². The van der Waals surface area contributed by atoms with Crippen molar-refractivity contribution >= 4 is 21.6 Å². The van der Waals surface area contributed by atoms with E-state index in [-0.39, 0.29) is 30.7 Å². The number of hydrogen-bond donors (Lipinski definition) is 1. The Morgan fingerprint density at radius 3 is 2.58 bits per heavy atom. The van der Waals surface area contributed by atoms with Gasteiger partial charge in [0, 0.05) is 38.9 Å². The Hall–Kier alpha value is -2.98. The Kier molecular flexibility index (Phi) is 6.94. The van der Waals surface area contributed by atoms with Crippen LogP contribution in [0.4, 0.5) is 5.69 Å². The predicted octanol–water partition coefficient (Wildman–Crippen LogP) is 2.46. The van der Waals surface area contributed by atoms with E-state index in [0.717, 1.165) is 42.3 Å². The molecule has 1 fully saturated rings. The molecule has 0 aliphatic carbocycles. The molecule has 9 nitrogen and oxygen atoms in total. The molecule has 2 aliphatic heterocycles. The van der Waals surface area contributed by atoms with Crippen molar-refractivity contribution in [2.24, 2.45) is 0 Å². The smallest absolute Gasteiger partial charge is 0.253 e. The number of nitrogens with one attached hydrogen (secondary N) is 1. The van der Waals surface area contributed by atoms with Gasteiger partial charge in [0.15, 0.2) is 11.5 Å². The van der Waals surface area contributed by atoms with E-state index in [4.69, 9.17) is 14.2 Å². The van der Waals surface area contributed by atoms with Gasteiger partial charge in [0.05, 0.1) is 17.0 Å². The highest BCUT2D eigenvalue weighted by Gasteiger charge is 2.24. The molecule has 1 saturated heterocycles. The minimum absolute atomic E-state index is 0.0926. The van der Waals surface area contributed by atoms with E-state index in [1.807, 2.05) is 0 Å². The van der Waals surface area contributed by atoms with Gasteiger partial charge in [0.25, 0.3) is 5.91 Å². The quantitative estimate of drug-likeness (QED) is 0.586. The topological polar surface area (TPSA) is 97.4 Å². The summed E-state index contributed by atoms with van der Waals surface area (Å²) in [7, 11) is -0.712. The molecule has 4 rings (SSSR count). The monoisotopic (exact) mass is 475 g/mol. The maximum atomic E-state index is 13.1. The van der Waals surface area contributed by atoms with E-state index < -0.39 is 10.0 Å². The van der Waals surface area contributed by atoms with Crippen molar-refractivity contribution in [3.8, 4) is 17.2 Å². The fourth-order valence-electron chi connectivity index (χ4n) is 3.87. The zero-order valence-corrected chi connectivity index (χ0v) is 19.7. The molecular weight excluding hydrogens is 446 g/mol. The molecule has 2 aromatic carbocycles. The number of nitrogens with zero attached hydrogens (tertiary/aromatic N) is 2. The number of rotatable bonds is 8. The first kappa shape index (κ1) is 23.2. The van der Waals surface area contributed by atoms with Crippen LogP contribution in [0.15, 0.2) is 41.3 Å². The molecule has 0 spiro atoms. The van der Waals surface area contributed by atoms with Crippen LogP contribution in [-0.4, -0.2) is 65.8 Å². The summed E-state index contributed by atoms with van der Waals surface area (Å²) in [6, 6.07) is 10.1. The summed E-state index contributed by atoms with van der Waals surface area (Å²) < 4.78 is 42.7. The number of hydrogen-bond acceptors (Lipinski definition) is 7. The van der Waals surface area contributed by atoms with Gasteiger partial charge in [-0.1, -0.05) is 0 Å². The zero-order valence-electron chi connectivity index (χ0n) is 18.9. The van der Waals surface area contributed by atoms with Gasteiger partial charge in [-0.2, -0.15) is 0 Å². The van der Waals surface area contributed by atoms with Crippen LogP contribution < -0.4 is 24.4 Å². The molecule has 0 atom stereocenters. The van der Waals surface area contributed by atoms with Gasteiger partial charge in [-0.3, -0.25) is 4.79 Å². The molecule has 33 heavy (non-hydrogen) atoms. The number of ether oxygens (including phenoxy) is 3. The Labute approximate surface area is 194 Å². The first-order valence-corrected chi connectivity index (χ1v) is 12.4. The van der Waals surface area contributed by atoms with E-state index >= 15 is 0 Å². The molecule has 0 unspecified atom stereocenters. The van der Waals surface area contributed by atoms with Crippen molar-refractivity contribution in [2.45, 2.75) is 24.2 Å². The summed E-state index contributed by atoms with van der Waals surface area (Å²) in [6.07, 6.45) is 3.24. The molecule has 178 valence electrons. The fraction of sp³-hybridized carbons (Fsp3) is 0.435. The number of carbonyl (C=O) groups excluding carboxylic acids is 1. The molecule has 1 N–H and O–H groups in total. The molecule has 2 heterocycles. The minimum Gasteiger partial charge on any atom is -0.492 e. The molecule has 0 aromatic heterocycles. The predicted molar refractivity (Wildman–Crippen MR) is 124 cm³/mol. The summed E-state index contributed by atoms with van der Waals surface area (Å²) in [6.45, 7) is 2.38. The summed E-state index contributed by atoms with van der Waals surface area (Å²) in [5.41, 5.74) is 1.10. The number of piperidine rings is 1. The highest BCUT2D eigenvalue weighted by molar-refractivity contribution is 7.89. The van der Waals surface area contributed by atoms with E-state index in [1.165, 1.54) is 20.2 Å². The minimum atomic E-state index is -3.66. The number of amides is 1. The van der Waals surface area contributed by atoms with Crippen molar-refractivity contribution in [3.05, 3.63) is 42.0 Å². The molecule has 0 bridgehead atoms. The van der Waals surface area contributed by atoms with Crippen molar-refractivity contribution in [3.63, 3.8) is 0 Å². The molecule has 2 aliphatic rings. The average molecular weight is 476 g/mol. The van der Waals surface area contributed by atoms with Crippen LogP contribution in [0.25, 0.3) is 0 Å². The summed E-state index contributed by atoms with van der Waals surface area (Å²) in [5.74, 6) is 1.58. The van der Waals surface area contributed by atoms with Crippen molar-refractivity contribution < 1.29 is 27.4 Å². The van der Waals surface area contributed by atoms with Gasteiger partial charge in [-0.15, -0.1) is 0 Å². The van der Waals surface area contributed by atoms with Gasteiger partial charge in [-0.05, 0) is 49.6 Å². The molecule has 0 saturated carbocycles. The van der Waals surface area contributed by atoms with Gasteiger partial charge in [0.1, 0.15) is 12.4 Å². The lowest BCUT2D eigenvalue weighted by atomic mass is 10.1. The summed E-state index contributed by atoms with van der Waals surface area (Å²) >= 11 is 0. The third-order valence-electron chi connectivity index (χ3n) is 5.69. The van der Waals surface area contributed by atoms with Crippen LogP contribution in [0, 0.1) is 0 Å². The van der Waals surface area contributed by atoms with Crippen molar-refractivity contribution in [1.29, 1.82) is 0 Å². The van der Waals surface area contributed by atoms with Crippen molar-refractivity contribution in [2.75, 3.05) is 52.0 Å². The van der Waals surface area contributed by atoms with Crippen molar-refractivity contribution in [1.82, 2.24) is 9.62 Å². The number of carbonyl (C=O) groups is 1. The van der Waals surface area contributed by atoms with Crippen LogP contribution in [-0.2, 0) is 10.0 Å². The van der Waals surface area contributed by atoms with E-state index in [0.29, 0.717) is 22.8 Å². The maximum absolute atomic E-state index is 13.1. The van der Waals surface area contributed by atoms with Crippen LogP contribution >= 0.6 is 0 Å². The summed E-state index contributed by atoms with van der Waals surface area (Å²) in [4.78, 5) is 15.3. The second-order valence-electron chi connectivity index (χ2n) is 8.13. The van der Waals surface area contributed by atoms with Crippen LogP contribution in [0.2, 0.25) is 0 Å². The lowest BCUT2D eigenvalue weighted by molar-refractivity contribution is 0.0947. The average Bonchev–Trinajstić information content (AvgIpc) is 3.29. The second-order valence-corrected chi connectivity index (χ2v) is 10.3. The Bertz CT molecular complexity index is 1110. The molecular formula is C23H29N3O6S. The number of fused-ring (bicyclic) bond motifs is 1. The van der Waals surface area contributed by atoms with Crippen LogP contribution in [0.1, 0.15) is 29.6 Å². The molecule has 0 radical (unpaired) electrons. The molecule has 10 heteroatoms. The van der Waals surface area contributed by atoms with Gasteiger partial charge >= 0.3 is 0 Å². The zero-order chi connectivity index (χ0) is 23.4. The molecule has 1 amide bonds. The fourth-order valence-corrected chi connectivity index (χ4v) is 4.80. The maximum Gasteiger partial charge on any atom is 0.253 e. The number of benzene rings is 2. The second kappa shape index (κ2) is 9.88. The summed E-state index contributed by atoms with van der Waals surface area (Å²) in [5, 5.41) is 2.85. The van der Waals surface area contributed by atoms with E-state index in [9.17, 15) is 13.2 Å². The standard InChI is InChI=1S/C23H29N3O6S/c1-25(2)33(28,29)18-7-8-20(26-11-4-3-5-12-26)19(15-18)23(27)24-10-13-30-17-6-9-21-22(14-17)32-16-31-21/h6-9,14-15H,3-5,10-13,16H2,1-2H3,(H,24,27). The Balaban J connectivity index is 1.46. The first-order valence-electron chi connectivity index (χ1n) is 11.0. The largest absolute Gasteiger partial charge is 0.492 e. The molecule has 2 aromatic rings. The highest BCUT2D eigenvalue weighted by Crippen LogP contribution is 2.35. The first-order chi connectivity index (χ1) is 15.9. The normalized spacial score (nSPS) is 15.5. The third-order valence-corrected chi connectivity index (χ3v) is 7.50. The lowest BCUT2D eigenvalue weighted by Crippen LogP contribution is -2.34. The van der Waals surface area contributed by atoms with Gasteiger partial charge in [0.2, 0.25) is 16.8 Å². The van der Waals surface area contributed by atoms with E-state index in [2.05, 4.69) is 10.2 Å². The number of anilines is 1. The Morgan fingerprint density at radius 2 is 1.82 bits per heavy atom. The number of sulfonamides is 1. The van der Waals surface area contributed by atoms with Crippen LogP contribution in [0.3, 0.4) is 0 Å². The third kappa shape index (κ3) is 5.17. The van der Waals surface area contributed by atoms with E-state index in [1.54, 1.807) is 30.3 Å². The van der Waals surface area contributed by atoms with Crippen LogP contribution in [0.5, 0.6) is 17.2 Å². The van der Waals surface area contributed by atoms with Gasteiger partial charge in [-0.25, -0.2) is 12.7 Å². The lowest BCUT2D eigenvalue weighted by Gasteiger charge is -2.30. The highest BCUT2D eigenvalue weighted by atomic mass is 32.2.